The first-order chi connectivity index (χ1) is 11.2. The number of rotatable bonds is 1. The van der Waals surface area contributed by atoms with Gasteiger partial charge in [0.05, 0.1) is 5.54 Å². The maximum atomic E-state index is 13.3. The molecule has 0 unspecified atom stereocenters. The van der Waals surface area contributed by atoms with Crippen molar-refractivity contribution in [2.45, 2.75) is 50.6 Å². The van der Waals surface area contributed by atoms with E-state index in [2.05, 4.69) is 32.4 Å². The lowest BCUT2D eigenvalue weighted by Gasteiger charge is -2.52. The third kappa shape index (κ3) is 3.68. The van der Waals surface area contributed by atoms with Gasteiger partial charge in [-0.25, -0.2) is 0 Å². The number of hydrogen-bond acceptors (Lipinski definition) is 4. The monoisotopic (exact) mass is 389 g/mol. The summed E-state index contributed by atoms with van der Waals surface area (Å²) in [6, 6.07) is 0. The summed E-state index contributed by atoms with van der Waals surface area (Å²) >= 11 is 0. The van der Waals surface area contributed by atoms with Gasteiger partial charge in [-0.3, -0.25) is 9.89 Å². The average molecular weight is 390 g/mol. The van der Waals surface area contributed by atoms with Crippen molar-refractivity contribution in [2.24, 2.45) is 0 Å². The molecule has 0 bridgehead atoms. The largest absolute Gasteiger partial charge is 0.329 e. The zero-order chi connectivity index (χ0) is 15.9. The first-order valence-electron chi connectivity index (χ1n) is 8.97. The molecule has 1 spiro atoms. The second-order valence-electron chi connectivity index (χ2n) is 7.44. The second-order valence-corrected chi connectivity index (χ2v) is 7.44. The van der Waals surface area contributed by atoms with E-state index in [1.807, 2.05) is 0 Å². The van der Waals surface area contributed by atoms with Crippen LogP contribution in [0.1, 0.15) is 53.8 Å². The zero-order valence-corrected chi connectivity index (χ0v) is 16.5. The Morgan fingerprint density at radius 3 is 2.68 bits per heavy atom. The smallest absolute Gasteiger partial charge is 0.275 e. The van der Waals surface area contributed by atoms with Gasteiger partial charge < -0.3 is 15.1 Å². The van der Waals surface area contributed by atoms with Crippen molar-refractivity contribution in [1.29, 1.82) is 0 Å². The predicted molar refractivity (Wildman–Crippen MR) is 103 cm³/mol. The van der Waals surface area contributed by atoms with Crippen LogP contribution in [0.2, 0.25) is 0 Å². The van der Waals surface area contributed by atoms with Crippen LogP contribution in [-0.4, -0.2) is 64.7 Å². The van der Waals surface area contributed by atoms with E-state index in [-0.39, 0.29) is 36.3 Å². The molecule has 3 aliphatic rings. The summed E-state index contributed by atoms with van der Waals surface area (Å²) in [5, 5.41) is 10.9. The molecule has 2 fully saturated rings. The minimum atomic E-state index is 0. The van der Waals surface area contributed by atoms with E-state index in [9.17, 15) is 4.79 Å². The maximum Gasteiger partial charge on any atom is 0.275 e. The number of halogens is 2. The number of H-pyrrole nitrogens is 1. The molecule has 25 heavy (non-hydrogen) atoms. The van der Waals surface area contributed by atoms with Crippen LogP contribution in [-0.2, 0) is 13.0 Å². The minimum absolute atomic E-state index is 0. The molecule has 6 nitrogen and oxygen atoms in total. The van der Waals surface area contributed by atoms with Crippen molar-refractivity contribution >= 4 is 30.7 Å². The van der Waals surface area contributed by atoms with Gasteiger partial charge in [-0.2, -0.15) is 5.10 Å². The van der Waals surface area contributed by atoms with Gasteiger partial charge >= 0.3 is 0 Å². The van der Waals surface area contributed by atoms with Gasteiger partial charge in [0, 0.05) is 50.4 Å². The summed E-state index contributed by atoms with van der Waals surface area (Å²) in [6.45, 7) is 4.50. The van der Waals surface area contributed by atoms with Crippen molar-refractivity contribution in [1.82, 2.24) is 25.3 Å². The van der Waals surface area contributed by atoms with E-state index in [1.54, 1.807) is 0 Å². The standard InChI is InChI=1S/C17H27N5O.2ClH/c1-21-9-10-22(17(12-21)6-3-2-4-7-17)16(23)15-13-11-18-8-5-14(13)19-20-15;;/h18H,2-12H2,1H3,(H,19,20);2*1H. The highest BCUT2D eigenvalue weighted by Gasteiger charge is 2.45. The van der Waals surface area contributed by atoms with E-state index in [0.29, 0.717) is 5.69 Å². The van der Waals surface area contributed by atoms with E-state index in [4.69, 9.17) is 0 Å². The van der Waals surface area contributed by atoms with Crippen molar-refractivity contribution < 1.29 is 4.79 Å². The lowest BCUT2D eigenvalue weighted by atomic mass is 9.78. The number of nitrogens with zero attached hydrogens (tertiary/aromatic N) is 3. The second kappa shape index (κ2) is 8.25. The summed E-state index contributed by atoms with van der Waals surface area (Å²) in [5.74, 6) is 0.140. The molecule has 142 valence electrons. The van der Waals surface area contributed by atoms with Crippen molar-refractivity contribution in [3.63, 3.8) is 0 Å². The Bertz CT molecular complexity index is 600. The number of amides is 1. The molecule has 3 heterocycles. The highest BCUT2D eigenvalue weighted by atomic mass is 35.5. The normalized spacial score (nSPS) is 22.7. The molecule has 0 atom stereocenters. The molecule has 4 rings (SSSR count). The molecule has 1 aromatic rings. The first kappa shape index (κ1) is 20.5. The number of carbonyl (C=O) groups is 1. The lowest BCUT2D eigenvalue weighted by molar-refractivity contribution is -0.00825. The van der Waals surface area contributed by atoms with E-state index in [1.165, 1.54) is 19.3 Å². The fourth-order valence-corrected chi connectivity index (χ4v) is 4.66. The summed E-state index contributed by atoms with van der Waals surface area (Å²) in [7, 11) is 2.18. The Labute approximate surface area is 161 Å². The van der Waals surface area contributed by atoms with Crippen LogP contribution >= 0.6 is 24.8 Å². The average Bonchev–Trinajstić information content (AvgIpc) is 2.99. The number of fused-ring (bicyclic) bond motifs is 1. The minimum Gasteiger partial charge on any atom is -0.329 e. The molecule has 2 N–H and O–H groups in total. The van der Waals surface area contributed by atoms with Gasteiger partial charge in [-0.05, 0) is 19.9 Å². The molecule has 1 saturated heterocycles. The van der Waals surface area contributed by atoms with Crippen LogP contribution in [0.4, 0.5) is 0 Å². The number of piperazine rings is 1. The molecular weight excluding hydrogens is 361 g/mol. The van der Waals surface area contributed by atoms with Crippen molar-refractivity contribution in [3.05, 3.63) is 17.0 Å². The number of aromatic nitrogens is 2. The van der Waals surface area contributed by atoms with Gasteiger partial charge in [0.2, 0.25) is 0 Å². The number of carbonyl (C=O) groups excluding carboxylic acids is 1. The Kier molecular flexibility index (Phi) is 6.76. The third-order valence-electron chi connectivity index (χ3n) is 5.88. The van der Waals surface area contributed by atoms with Crippen LogP contribution in [0.25, 0.3) is 0 Å². The number of aromatic amines is 1. The zero-order valence-electron chi connectivity index (χ0n) is 14.8. The molecule has 1 aromatic heterocycles. The highest BCUT2D eigenvalue weighted by Crippen LogP contribution is 2.37. The van der Waals surface area contributed by atoms with Crippen LogP contribution in [0.3, 0.4) is 0 Å². The molecule has 0 radical (unpaired) electrons. The predicted octanol–water partition coefficient (Wildman–Crippen LogP) is 1.99. The number of hydrogen-bond donors (Lipinski definition) is 2. The van der Waals surface area contributed by atoms with Crippen LogP contribution in [0, 0.1) is 0 Å². The Hall–Kier alpha value is -0.820. The van der Waals surface area contributed by atoms with Gasteiger partial charge in [0.25, 0.3) is 5.91 Å². The van der Waals surface area contributed by atoms with E-state index < -0.39 is 0 Å². The fraction of sp³-hybridized carbons (Fsp3) is 0.765. The Morgan fingerprint density at radius 2 is 1.92 bits per heavy atom. The molecule has 8 heteroatoms. The van der Waals surface area contributed by atoms with Gasteiger partial charge in [0.15, 0.2) is 5.69 Å². The third-order valence-corrected chi connectivity index (χ3v) is 5.88. The summed E-state index contributed by atoms with van der Waals surface area (Å²) in [6.07, 6.45) is 6.97. The molecule has 1 aliphatic carbocycles. The molecular formula is C17H29Cl2N5O. The van der Waals surface area contributed by atoms with Crippen molar-refractivity contribution in [3.8, 4) is 0 Å². The van der Waals surface area contributed by atoms with Crippen LogP contribution < -0.4 is 5.32 Å². The van der Waals surface area contributed by atoms with E-state index in [0.717, 1.165) is 63.2 Å². The van der Waals surface area contributed by atoms with Gasteiger partial charge in [-0.15, -0.1) is 24.8 Å². The van der Waals surface area contributed by atoms with Crippen molar-refractivity contribution in [2.75, 3.05) is 33.2 Å². The summed E-state index contributed by atoms with van der Waals surface area (Å²) in [5.41, 5.74) is 2.91. The molecule has 0 aromatic carbocycles. The Balaban J connectivity index is 0.00000113. The van der Waals surface area contributed by atoms with E-state index >= 15 is 0 Å². The molecule has 1 saturated carbocycles. The maximum absolute atomic E-state index is 13.3. The quantitative estimate of drug-likeness (QED) is 0.770. The Morgan fingerprint density at radius 1 is 1.16 bits per heavy atom. The molecule has 2 aliphatic heterocycles. The first-order valence-corrected chi connectivity index (χ1v) is 8.97. The molecule has 1 amide bonds. The topological polar surface area (TPSA) is 64.3 Å². The fourth-order valence-electron chi connectivity index (χ4n) is 4.66. The summed E-state index contributed by atoms with van der Waals surface area (Å²) in [4.78, 5) is 17.9. The summed E-state index contributed by atoms with van der Waals surface area (Å²) < 4.78 is 0. The SMILES string of the molecule is CN1CCN(C(=O)c2n[nH]c3c2CNCC3)C2(CCCCC2)C1.Cl.Cl. The van der Waals surface area contributed by atoms with Crippen LogP contribution in [0.15, 0.2) is 0 Å². The number of likely N-dealkylation sites (N-methyl/N-ethyl adjacent to an activating group) is 1. The lowest BCUT2D eigenvalue weighted by Crippen LogP contribution is -2.64. The number of nitrogens with one attached hydrogen (secondary N) is 2. The van der Waals surface area contributed by atoms with Gasteiger partial charge in [-0.1, -0.05) is 19.3 Å². The van der Waals surface area contributed by atoms with Crippen LogP contribution in [0.5, 0.6) is 0 Å². The highest BCUT2D eigenvalue weighted by molar-refractivity contribution is 5.94. The van der Waals surface area contributed by atoms with Gasteiger partial charge in [0.1, 0.15) is 0 Å².